The molecule has 156 valence electrons. The van der Waals surface area contributed by atoms with Gasteiger partial charge in [0.15, 0.2) is 11.4 Å². The molecule has 0 bridgehead atoms. The van der Waals surface area contributed by atoms with Crippen LogP contribution in [0.15, 0.2) is 49.1 Å². The number of nitrogens with one attached hydrogen (secondary N) is 1. The normalized spacial score (nSPS) is 12.5. The third-order valence-electron chi connectivity index (χ3n) is 4.00. The van der Waals surface area contributed by atoms with Crippen molar-refractivity contribution in [3.8, 4) is 11.1 Å². The van der Waals surface area contributed by atoms with E-state index in [1.165, 1.54) is 18.3 Å². The Balaban J connectivity index is 1.73. The lowest BCUT2D eigenvalue weighted by Gasteiger charge is -2.14. The second-order valence-electron chi connectivity index (χ2n) is 6.06. The van der Waals surface area contributed by atoms with Crippen LogP contribution in [0.2, 0.25) is 10.0 Å². The minimum atomic E-state index is -4.87. The summed E-state index contributed by atoms with van der Waals surface area (Å²) in [4.78, 5) is 22.6. The molecular formula is C19H12Cl2F4N4O. The molecule has 1 aromatic carbocycles. The molecule has 0 aliphatic carbocycles. The van der Waals surface area contributed by atoms with E-state index in [1.807, 2.05) is 0 Å². The van der Waals surface area contributed by atoms with Gasteiger partial charge in [0.2, 0.25) is 0 Å². The molecule has 3 aromatic rings. The van der Waals surface area contributed by atoms with Crippen molar-refractivity contribution in [1.82, 2.24) is 20.3 Å². The molecule has 0 spiro atoms. The lowest BCUT2D eigenvalue weighted by Crippen LogP contribution is -2.30. The van der Waals surface area contributed by atoms with Crippen molar-refractivity contribution in [3.63, 3.8) is 0 Å². The van der Waals surface area contributed by atoms with Gasteiger partial charge in [-0.25, -0.2) is 14.4 Å². The number of carbonyl (C=O) groups is 1. The van der Waals surface area contributed by atoms with Crippen LogP contribution in [0, 0.1) is 0 Å². The van der Waals surface area contributed by atoms with Gasteiger partial charge in [-0.3, -0.25) is 9.78 Å². The van der Waals surface area contributed by atoms with Crippen LogP contribution in [0.5, 0.6) is 0 Å². The highest BCUT2D eigenvalue weighted by atomic mass is 35.5. The van der Waals surface area contributed by atoms with Gasteiger partial charge >= 0.3 is 6.18 Å². The van der Waals surface area contributed by atoms with Crippen LogP contribution >= 0.6 is 23.2 Å². The highest BCUT2D eigenvalue weighted by Gasteiger charge is 2.38. The van der Waals surface area contributed by atoms with E-state index in [4.69, 9.17) is 23.2 Å². The Morgan fingerprint density at radius 3 is 2.47 bits per heavy atom. The fraction of sp³-hybridized carbons (Fsp3) is 0.158. The van der Waals surface area contributed by atoms with E-state index in [9.17, 15) is 22.4 Å². The first-order chi connectivity index (χ1) is 14.2. The molecule has 3 rings (SSSR count). The summed E-state index contributed by atoms with van der Waals surface area (Å²) in [6.45, 7) is -0.607. The number of hydrogen-bond donors (Lipinski definition) is 1. The quantitative estimate of drug-likeness (QED) is 0.526. The predicted octanol–water partition coefficient (Wildman–Crippen LogP) is 5.30. The van der Waals surface area contributed by atoms with Crippen LogP contribution in [-0.4, -0.2) is 27.4 Å². The first-order valence-electron chi connectivity index (χ1n) is 8.37. The number of halogens is 6. The number of rotatable bonds is 5. The maximum absolute atomic E-state index is 14.6. The van der Waals surface area contributed by atoms with Gasteiger partial charge in [-0.15, -0.1) is 0 Å². The lowest BCUT2D eigenvalue weighted by atomic mass is 10.0. The fourth-order valence-corrected chi connectivity index (χ4v) is 3.09. The first-order valence-corrected chi connectivity index (χ1v) is 9.13. The molecule has 0 saturated heterocycles. The molecule has 1 amide bonds. The topological polar surface area (TPSA) is 67.8 Å². The first kappa shape index (κ1) is 21.9. The van der Waals surface area contributed by atoms with Crippen LogP contribution in [0.4, 0.5) is 17.6 Å². The van der Waals surface area contributed by atoms with E-state index >= 15 is 0 Å². The van der Waals surface area contributed by atoms with Gasteiger partial charge in [-0.1, -0.05) is 35.3 Å². The minimum Gasteiger partial charge on any atom is -0.347 e. The summed E-state index contributed by atoms with van der Waals surface area (Å²) in [7, 11) is 0. The van der Waals surface area contributed by atoms with E-state index < -0.39 is 36.2 Å². The summed E-state index contributed by atoms with van der Waals surface area (Å²) >= 11 is 12.1. The van der Waals surface area contributed by atoms with Crippen molar-refractivity contribution in [2.45, 2.75) is 12.3 Å². The second kappa shape index (κ2) is 8.93. The number of hydrogen-bond acceptors (Lipinski definition) is 4. The van der Waals surface area contributed by atoms with Gasteiger partial charge in [-0.05, 0) is 17.7 Å². The van der Waals surface area contributed by atoms with Gasteiger partial charge in [-0.2, -0.15) is 13.2 Å². The van der Waals surface area contributed by atoms with Crippen LogP contribution in [0.3, 0.4) is 0 Å². The number of carbonyl (C=O) groups excluding carboxylic acids is 1. The molecule has 11 heteroatoms. The average molecular weight is 459 g/mol. The molecule has 0 radical (unpaired) electrons. The maximum atomic E-state index is 14.6. The zero-order chi connectivity index (χ0) is 21.9. The van der Waals surface area contributed by atoms with Gasteiger partial charge in [0, 0.05) is 40.9 Å². The van der Waals surface area contributed by atoms with E-state index in [2.05, 4.69) is 20.3 Å². The number of pyridine rings is 1. The molecule has 0 saturated carbocycles. The van der Waals surface area contributed by atoms with Gasteiger partial charge < -0.3 is 5.32 Å². The third-order valence-corrected chi connectivity index (χ3v) is 4.53. The molecule has 1 atom stereocenters. The number of alkyl halides is 4. The molecule has 0 aliphatic rings. The Kier molecular flexibility index (Phi) is 6.52. The number of nitrogens with zero attached hydrogens (tertiary/aromatic N) is 3. The summed E-state index contributed by atoms with van der Waals surface area (Å²) in [5, 5.41) is 2.58. The average Bonchev–Trinajstić information content (AvgIpc) is 2.71. The summed E-state index contributed by atoms with van der Waals surface area (Å²) in [5.74, 6) is -1.20. The Bertz CT molecular complexity index is 1080. The summed E-state index contributed by atoms with van der Waals surface area (Å²) in [6.07, 6.45) is -1.86. The summed E-state index contributed by atoms with van der Waals surface area (Å²) < 4.78 is 53.4. The van der Waals surface area contributed by atoms with Crippen molar-refractivity contribution in [3.05, 3.63) is 76.0 Å². The van der Waals surface area contributed by atoms with E-state index in [1.54, 1.807) is 18.3 Å². The zero-order valence-corrected chi connectivity index (χ0v) is 16.4. The minimum absolute atomic E-state index is 0.0610. The van der Waals surface area contributed by atoms with E-state index in [-0.39, 0.29) is 10.6 Å². The number of amides is 1. The summed E-state index contributed by atoms with van der Waals surface area (Å²) in [5.41, 5.74) is -1.01. The monoisotopic (exact) mass is 458 g/mol. The Morgan fingerprint density at radius 1 is 1.07 bits per heavy atom. The second-order valence-corrected chi connectivity index (χ2v) is 6.90. The van der Waals surface area contributed by atoms with Crippen molar-refractivity contribution in [2.75, 3.05) is 6.54 Å². The third kappa shape index (κ3) is 5.03. The molecule has 0 aliphatic heterocycles. The Labute approximate surface area is 178 Å². The smallest absolute Gasteiger partial charge is 0.347 e. The maximum Gasteiger partial charge on any atom is 0.435 e. The number of aromatic nitrogens is 3. The van der Waals surface area contributed by atoms with Crippen molar-refractivity contribution in [1.29, 1.82) is 0 Å². The standard InChI is InChI=1S/C19H12Cl2F4N4O/c20-12-5-11(7-26-8-12)10-1-2-13(14(21)6-10)15(22)9-29-18(30)16-17(19(23,24)25)28-4-3-27-16/h1-8,15H,9H2,(H,29,30). The van der Waals surface area contributed by atoms with E-state index in [0.717, 1.165) is 12.4 Å². The van der Waals surface area contributed by atoms with Crippen LogP contribution in [0.25, 0.3) is 11.1 Å². The van der Waals surface area contributed by atoms with Crippen molar-refractivity contribution >= 4 is 29.1 Å². The largest absolute Gasteiger partial charge is 0.435 e. The van der Waals surface area contributed by atoms with Gasteiger partial charge in [0.1, 0.15) is 6.17 Å². The van der Waals surface area contributed by atoms with Crippen molar-refractivity contribution < 1.29 is 22.4 Å². The molecule has 30 heavy (non-hydrogen) atoms. The highest BCUT2D eigenvalue weighted by molar-refractivity contribution is 6.32. The van der Waals surface area contributed by atoms with Gasteiger partial charge in [0.25, 0.3) is 5.91 Å². The molecular weight excluding hydrogens is 447 g/mol. The molecule has 2 aromatic heterocycles. The lowest BCUT2D eigenvalue weighted by molar-refractivity contribution is -0.141. The van der Waals surface area contributed by atoms with Crippen LogP contribution < -0.4 is 5.32 Å². The van der Waals surface area contributed by atoms with Crippen LogP contribution in [0.1, 0.15) is 27.9 Å². The van der Waals surface area contributed by atoms with Gasteiger partial charge in [0.05, 0.1) is 11.6 Å². The fourth-order valence-electron chi connectivity index (χ4n) is 2.62. The summed E-state index contributed by atoms with van der Waals surface area (Å²) in [6, 6.07) is 6.17. The molecule has 1 N–H and O–H groups in total. The molecule has 1 unspecified atom stereocenters. The Morgan fingerprint density at radius 2 is 1.80 bits per heavy atom. The zero-order valence-electron chi connectivity index (χ0n) is 14.9. The van der Waals surface area contributed by atoms with E-state index in [0.29, 0.717) is 16.1 Å². The van der Waals surface area contributed by atoms with Crippen molar-refractivity contribution in [2.24, 2.45) is 0 Å². The molecule has 2 heterocycles. The molecule has 5 nitrogen and oxygen atoms in total. The number of benzene rings is 1. The predicted molar refractivity (Wildman–Crippen MR) is 103 cm³/mol. The van der Waals surface area contributed by atoms with Crippen LogP contribution in [-0.2, 0) is 6.18 Å². The highest BCUT2D eigenvalue weighted by Crippen LogP contribution is 2.32. The SMILES string of the molecule is O=C(NCC(F)c1ccc(-c2cncc(Cl)c2)cc1Cl)c1nccnc1C(F)(F)F. The molecule has 0 fully saturated rings. The Hall–Kier alpha value is -2.78.